The summed E-state index contributed by atoms with van der Waals surface area (Å²) >= 11 is 1.59. The molecule has 0 N–H and O–H groups in total. The Morgan fingerprint density at radius 2 is 2.45 bits per heavy atom. The summed E-state index contributed by atoms with van der Waals surface area (Å²) in [6.07, 6.45) is 0. The Bertz CT molecular complexity index is 208. The number of halogens is 1. The van der Waals surface area contributed by atoms with Crippen LogP contribution in [0.4, 0.5) is 0 Å². The Morgan fingerprint density at radius 3 is 2.91 bits per heavy atom. The van der Waals surface area contributed by atoms with Crippen molar-refractivity contribution in [3.8, 4) is 0 Å². The third-order valence-electron chi connectivity index (χ3n) is 0.998. The number of hydrogen-bond acceptors (Lipinski definition) is 3. The van der Waals surface area contributed by atoms with Gasteiger partial charge in [-0.25, -0.2) is 0 Å². The molecule has 0 fully saturated rings. The second-order valence-corrected chi connectivity index (χ2v) is 2.89. The first kappa shape index (κ1) is 10.5. The Kier molecular flexibility index (Phi) is 4.90. The number of carbonyl (C=O) groups excluding carboxylic acids is 1. The monoisotopic (exact) mass is 192 g/mol. The number of hydrogen-bond donors (Lipinski definition) is 0. The molecule has 0 spiro atoms. The first-order valence-corrected chi connectivity index (χ1v) is 3.83. The summed E-state index contributed by atoms with van der Waals surface area (Å²) in [6, 6.07) is 3.87. The summed E-state index contributed by atoms with van der Waals surface area (Å²) < 4.78 is 4.76. The highest BCUT2D eigenvalue weighted by Crippen LogP contribution is 2.09. The lowest BCUT2D eigenvalue weighted by atomic mass is 10.5. The summed E-state index contributed by atoms with van der Waals surface area (Å²) in [4.78, 5) is 11.4. The van der Waals surface area contributed by atoms with E-state index in [1.54, 1.807) is 11.3 Å². The third-order valence-corrected chi connectivity index (χ3v) is 1.85. The van der Waals surface area contributed by atoms with Gasteiger partial charge in [0.25, 0.3) is 0 Å². The molecule has 0 aliphatic rings. The average Bonchev–Trinajstić information content (AvgIpc) is 2.34. The van der Waals surface area contributed by atoms with E-state index in [9.17, 15) is 4.79 Å². The van der Waals surface area contributed by atoms with Crippen LogP contribution in [0.25, 0.3) is 0 Å². The molecule has 0 unspecified atom stereocenters. The summed E-state index contributed by atoms with van der Waals surface area (Å²) in [5.74, 6) is -0.228. The van der Waals surface area contributed by atoms with Gasteiger partial charge in [0.2, 0.25) is 0 Å². The van der Waals surface area contributed by atoms with Gasteiger partial charge in [-0.2, -0.15) is 0 Å². The summed E-state index contributed by atoms with van der Waals surface area (Å²) in [5, 5.41) is 1.96. The van der Waals surface area contributed by atoms with E-state index in [4.69, 9.17) is 4.74 Å². The molecule has 0 bridgehead atoms. The number of ether oxygens (including phenoxy) is 1. The van der Waals surface area contributed by atoms with E-state index >= 15 is 0 Å². The molecule has 0 saturated carbocycles. The molecule has 4 heteroatoms. The maximum absolute atomic E-state index is 10.3. The molecular weight excluding hydrogens is 184 g/mol. The number of esters is 1. The van der Waals surface area contributed by atoms with Gasteiger partial charge < -0.3 is 4.74 Å². The van der Waals surface area contributed by atoms with Crippen molar-refractivity contribution in [2.24, 2.45) is 0 Å². The minimum Gasteiger partial charge on any atom is -0.460 e. The van der Waals surface area contributed by atoms with E-state index < -0.39 is 0 Å². The fourth-order valence-electron chi connectivity index (χ4n) is 0.567. The van der Waals surface area contributed by atoms with Crippen molar-refractivity contribution in [1.82, 2.24) is 0 Å². The Balaban J connectivity index is 0.000001000. The summed E-state index contributed by atoms with van der Waals surface area (Å²) in [7, 11) is 0. The molecule has 62 valence electrons. The van der Waals surface area contributed by atoms with Gasteiger partial charge in [0.15, 0.2) is 0 Å². The quantitative estimate of drug-likeness (QED) is 0.672. The highest BCUT2D eigenvalue weighted by Gasteiger charge is 1.94. The Labute approximate surface area is 75.6 Å². The van der Waals surface area contributed by atoms with Crippen LogP contribution >= 0.6 is 23.7 Å². The molecule has 0 aliphatic carbocycles. The molecule has 1 rings (SSSR count). The van der Waals surface area contributed by atoms with E-state index in [-0.39, 0.29) is 18.4 Å². The molecule has 0 aromatic carbocycles. The average molecular weight is 193 g/mol. The van der Waals surface area contributed by atoms with E-state index in [0.29, 0.717) is 6.61 Å². The summed E-state index contributed by atoms with van der Waals surface area (Å²) in [6.45, 7) is 1.82. The maximum Gasteiger partial charge on any atom is 0.302 e. The smallest absolute Gasteiger partial charge is 0.302 e. The van der Waals surface area contributed by atoms with Crippen LogP contribution in [0.2, 0.25) is 0 Å². The van der Waals surface area contributed by atoms with Gasteiger partial charge in [-0.1, -0.05) is 6.07 Å². The minimum absolute atomic E-state index is 0. The van der Waals surface area contributed by atoms with Gasteiger partial charge in [0.05, 0.1) is 0 Å². The SMILES string of the molecule is CC(=O)OCc1cccs1.Cl. The second kappa shape index (κ2) is 5.16. The maximum atomic E-state index is 10.3. The van der Waals surface area contributed by atoms with Gasteiger partial charge in [-0.05, 0) is 11.4 Å². The number of carbonyl (C=O) groups is 1. The molecule has 0 amide bonds. The van der Waals surface area contributed by atoms with Gasteiger partial charge in [-0.3, -0.25) is 4.79 Å². The second-order valence-electron chi connectivity index (χ2n) is 1.86. The molecule has 1 aromatic heterocycles. The van der Waals surface area contributed by atoms with Crippen molar-refractivity contribution >= 4 is 29.7 Å². The van der Waals surface area contributed by atoms with E-state index in [0.717, 1.165) is 4.88 Å². The Morgan fingerprint density at radius 1 is 1.73 bits per heavy atom. The van der Waals surface area contributed by atoms with Gasteiger partial charge in [-0.15, -0.1) is 23.7 Å². The van der Waals surface area contributed by atoms with Crippen LogP contribution in [0, 0.1) is 0 Å². The van der Waals surface area contributed by atoms with Crippen LogP contribution in [0.15, 0.2) is 17.5 Å². The molecule has 0 saturated heterocycles. The van der Waals surface area contributed by atoms with Crippen LogP contribution in [-0.4, -0.2) is 5.97 Å². The number of rotatable bonds is 2. The van der Waals surface area contributed by atoms with Crippen LogP contribution in [0.1, 0.15) is 11.8 Å². The molecule has 0 aliphatic heterocycles. The van der Waals surface area contributed by atoms with Crippen LogP contribution in [0.5, 0.6) is 0 Å². The van der Waals surface area contributed by atoms with Crippen molar-refractivity contribution in [2.45, 2.75) is 13.5 Å². The zero-order chi connectivity index (χ0) is 7.40. The number of thiophene rings is 1. The largest absolute Gasteiger partial charge is 0.460 e. The van der Waals surface area contributed by atoms with Crippen molar-refractivity contribution in [1.29, 1.82) is 0 Å². The lowest BCUT2D eigenvalue weighted by Crippen LogP contribution is -1.96. The van der Waals surface area contributed by atoms with Crippen molar-refractivity contribution in [3.63, 3.8) is 0 Å². The normalized spacial score (nSPS) is 8.45. The van der Waals surface area contributed by atoms with Crippen LogP contribution in [0.3, 0.4) is 0 Å². The third kappa shape index (κ3) is 4.01. The molecular formula is C7H9ClO2S. The van der Waals surface area contributed by atoms with Gasteiger partial charge >= 0.3 is 5.97 Å². The van der Waals surface area contributed by atoms with Crippen molar-refractivity contribution in [3.05, 3.63) is 22.4 Å². The van der Waals surface area contributed by atoms with Gasteiger partial charge in [0, 0.05) is 11.8 Å². The molecule has 2 nitrogen and oxygen atoms in total. The Hall–Kier alpha value is -0.540. The lowest BCUT2D eigenvalue weighted by molar-refractivity contribution is -0.142. The standard InChI is InChI=1S/C7H8O2S.ClH/c1-6(8)9-5-7-3-2-4-10-7;/h2-4H,5H2,1H3;1H. The zero-order valence-electron chi connectivity index (χ0n) is 6.07. The first-order chi connectivity index (χ1) is 4.79. The van der Waals surface area contributed by atoms with Crippen molar-refractivity contribution < 1.29 is 9.53 Å². The molecule has 0 radical (unpaired) electrons. The van der Waals surface area contributed by atoms with E-state index in [1.807, 2.05) is 17.5 Å². The first-order valence-electron chi connectivity index (χ1n) is 2.95. The molecule has 1 aromatic rings. The molecule has 0 atom stereocenters. The molecule has 11 heavy (non-hydrogen) atoms. The topological polar surface area (TPSA) is 26.3 Å². The fourth-order valence-corrected chi connectivity index (χ4v) is 1.18. The highest BCUT2D eigenvalue weighted by molar-refractivity contribution is 7.09. The molecule has 1 heterocycles. The van der Waals surface area contributed by atoms with Crippen LogP contribution < -0.4 is 0 Å². The lowest BCUT2D eigenvalue weighted by Gasteiger charge is -1.96. The minimum atomic E-state index is -0.228. The fraction of sp³-hybridized carbons (Fsp3) is 0.286. The highest BCUT2D eigenvalue weighted by atomic mass is 35.5. The van der Waals surface area contributed by atoms with Crippen molar-refractivity contribution in [2.75, 3.05) is 0 Å². The van der Waals surface area contributed by atoms with Crippen LogP contribution in [-0.2, 0) is 16.1 Å². The van der Waals surface area contributed by atoms with E-state index in [1.165, 1.54) is 6.92 Å². The predicted molar refractivity (Wildman–Crippen MR) is 47.0 cm³/mol. The summed E-state index contributed by atoms with van der Waals surface area (Å²) in [5.41, 5.74) is 0. The zero-order valence-corrected chi connectivity index (χ0v) is 7.71. The van der Waals surface area contributed by atoms with E-state index in [2.05, 4.69) is 0 Å². The van der Waals surface area contributed by atoms with Gasteiger partial charge in [0.1, 0.15) is 6.61 Å². The predicted octanol–water partition coefficient (Wildman–Crippen LogP) is 2.23.